The molecule has 0 amide bonds. The first-order valence-electron chi connectivity index (χ1n) is 4.32. The molecule has 0 bridgehead atoms. The van der Waals surface area contributed by atoms with E-state index in [0.717, 1.165) is 12.3 Å². The number of allylic oxidation sites excluding steroid dienone is 2. The third-order valence-corrected chi connectivity index (χ3v) is 2.47. The molecule has 1 fully saturated rings. The SMILES string of the molecule is [CH2]CC/C(=C/C)C1CCC1. The number of hydrogen-bond donors (Lipinski definition) is 0. The molecule has 0 unspecified atom stereocenters. The Kier molecular flexibility index (Phi) is 2.98. The van der Waals surface area contributed by atoms with Gasteiger partial charge in [0, 0.05) is 0 Å². The van der Waals surface area contributed by atoms with Crippen LogP contribution in [0.15, 0.2) is 11.6 Å². The minimum Gasteiger partial charge on any atom is -0.0882 e. The lowest BCUT2D eigenvalue weighted by molar-refractivity contribution is 0.359. The van der Waals surface area contributed by atoms with E-state index in [4.69, 9.17) is 0 Å². The second-order valence-corrected chi connectivity index (χ2v) is 3.09. The molecule has 0 saturated heterocycles. The van der Waals surface area contributed by atoms with Crippen molar-refractivity contribution in [2.24, 2.45) is 5.92 Å². The van der Waals surface area contributed by atoms with Crippen molar-refractivity contribution in [3.63, 3.8) is 0 Å². The molecule has 0 heterocycles. The zero-order valence-corrected chi connectivity index (χ0v) is 6.90. The zero-order valence-electron chi connectivity index (χ0n) is 6.90. The fraction of sp³-hybridized carbons (Fsp3) is 0.700. The summed E-state index contributed by atoms with van der Waals surface area (Å²) in [7, 11) is 0. The Balaban J connectivity index is 2.32. The average molecular weight is 137 g/mol. The van der Waals surface area contributed by atoms with Gasteiger partial charge in [0.15, 0.2) is 0 Å². The van der Waals surface area contributed by atoms with Crippen LogP contribution in [0.25, 0.3) is 0 Å². The van der Waals surface area contributed by atoms with Gasteiger partial charge in [-0.05, 0) is 38.5 Å². The summed E-state index contributed by atoms with van der Waals surface area (Å²) in [5.41, 5.74) is 1.65. The van der Waals surface area contributed by atoms with Gasteiger partial charge in [-0.25, -0.2) is 0 Å². The molecule has 0 aliphatic heterocycles. The van der Waals surface area contributed by atoms with Crippen LogP contribution in [0.5, 0.6) is 0 Å². The molecule has 0 aromatic rings. The summed E-state index contributed by atoms with van der Waals surface area (Å²) in [5.74, 6) is 0.937. The minimum absolute atomic E-state index is 0.937. The van der Waals surface area contributed by atoms with Gasteiger partial charge < -0.3 is 0 Å². The monoisotopic (exact) mass is 137 g/mol. The van der Waals surface area contributed by atoms with Gasteiger partial charge in [0.05, 0.1) is 0 Å². The van der Waals surface area contributed by atoms with E-state index < -0.39 is 0 Å². The quantitative estimate of drug-likeness (QED) is 0.523. The lowest BCUT2D eigenvalue weighted by atomic mass is 9.78. The molecule has 0 aromatic carbocycles. The standard InChI is InChI=1S/C10H17/c1-3-6-9(4-2)10-7-5-8-10/h4,10H,1,3,5-8H2,2H3/b9-4-. The second-order valence-electron chi connectivity index (χ2n) is 3.09. The van der Waals surface area contributed by atoms with Crippen molar-refractivity contribution in [3.05, 3.63) is 18.6 Å². The van der Waals surface area contributed by atoms with E-state index in [0.29, 0.717) is 0 Å². The lowest BCUT2D eigenvalue weighted by Crippen LogP contribution is -2.13. The van der Waals surface area contributed by atoms with Crippen LogP contribution in [-0.2, 0) is 0 Å². The van der Waals surface area contributed by atoms with Gasteiger partial charge in [-0.15, -0.1) is 0 Å². The summed E-state index contributed by atoms with van der Waals surface area (Å²) in [6.07, 6.45) is 8.88. The normalized spacial score (nSPS) is 20.8. The molecule has 0 aromatic heterocycles. The van der Waals surface area contributed by atoms with E-state index in [9.17, 15) is 0 Å². The van der Waals surface area contributed by atoms with E-state index in [1.165, 1.54) is 25.7 Å². The molecular formula is C10H17. The van der Waals surface area contributed by atoms with Crippen LogP contribution in [0.3, 0.4) is 0 Å². The molecule has 0 spiro atoms. The first-order chi connectivity index (χ1) is 4.88. The second kappa shape index (κ2) is 3.80. The van der Waals surface area contributed by atoms with Crippen LogP contribution >= 0.6 is 0 Å². The van der Waals surface area contributed by atoms with Crippen molar-refractivity contribution < 1.29 is 0 Å². The Morgan fingerprint density at radius 1 is 1.60 bits per heavy atom. The average Bonchev–Trinajstić information content (AvgIpc) is 1.83. The van der Waals surface area contributed by atoms with E-state index in [1.54, 1.807) is 5.57 Å². The van der Waals surface area contributed by atoms with Gasteiger partial charge in [-0.1, -0.05) is 25.0 Å². The Bertz CT molecular complexity index is 118. The molecule has 1 aliphatic carbocycles. The van der Waals surface area contributed by atoms with Crippen LogP contribution in [0.4, 0.5) is 0 Å². The molecule has 1 radical (unpaired) electrons. The molecule has 10 heavy (non-hydrogen) atoms. The van der Waals surface area contributed by atoms with Crippen LogP contribution in [0.1, 0.15) is 39.0 Å². The van der Waals surface area contributed by atoms with Gasteiger partial charge in [-0.2, -0.15) is 0 Å². The van der Waals surface area contributed by atoms with Crippen LogP contribution in [0.2, 0.25) is 0 Å². The highest BCUT2D eigenvalue weighted by Gasteiger charge is 2.19. The third kappa shape index (κ3) is 1.62. The Hall–Kier alpha value is -0.260. The van der Waals surface area contributed by atoms with Gasteiger partial charge in [0.1, 0.15) is 0 Å². The summed E-state index contributed by atoms with van der Waals surface area (Å²) < 4.78 is 0. The zero-order chi connectivity index (χ0) is 7.40. The molecule has 1 aliphatic rings. The Morgan fingerprint density at radius 3 is 2.60 bits per heavy atom. The highest BCUT2D eigenvalue weighted by Crippen LogP contribution is 2.34. The third-order valence-electron chi connectivity index (χ3n) is 2.47. The Morgan fingerprint density at radius 2 is 2.30 bits per heavy atom. The molecule has 0 N–H and O–H groups in total. The predicted octanol–water partition coefficient (Wildman–Crippen LogP) is 3.35. The summed E-state index contributed by atoms with van der Waals surface area (Å²) in [5, 5.41) is 0. The highest BCUT2D eigenvalue weighted by atomic mass is 14.2. The number of rotatable bonds is 3. The van der Waals surface area contributed by atoms with Crippen molar-refractivity contribution in [2.75, 3.05) is 0 Å². The number of hydrogen-bond acceptors (Lipinski definition) is 0. The molecule has 1 rings (SSSR count). The van der Waals surface area contributed by atoms with Gasteiger partial charge >= 0.3 is 0 Å². The maximum absolute atomic E-state index is 3.87. The molecule has 1 saturated carbocycles. The van der Waals surface area contributed by atoms with E-state index in [1.807, 2.05) is 0 Å². The molecule has 0 atom stereocenters. The van der Waals surface area contributed by atoms with Crippen LogP contribution in [0, 0.1) is 12.8 Å². The van der Waals surface area contributed by atoms with E-state index >= 15 is 0 Å². The van der Waals surface area contributed by atoms with Crippen molar-refractivity contribution in [2.45, 2.75) is 39.0 Å². The smallest absolute Gasteiger partial charge is 0.0203 e. The van der Waals surface area contributed by atoms with Gasteiger partial charge in [-0.3, -0.25) is 0 Å². The summed E-state index contributed by atoms with van der Waals surface area (Å²) in [6, 6.07) is 0. The van der Waals surface area contributed by atoms with E-state index in [2.05, 4.69) is 19.9 Å². The van der Waals surface area contributed by atoms with Crippen molar-refractivity contribution in [1.29, 1.82) is 0 Å². The first-order valence-corrected chi connectivity index (χ1v) is 4.32. The predicted molar refractivity (Wildman–Crippen MR) is 45.7 cm³/mol. The van der Waals surface area contributed by atoms with Gasteiger partial charge in [0.2, 0.25) is 0 Å². The maximum Gasteiger partial charge on any atom is -0.0203 e. The molecule has 0 heteroatoms. The minimum atomic E-state index is 0.937. The van der Waals surface area contributed by atoms with Crippen LogP contribution < -0.4 is 0 Å². The summed E-state index contributed by atoms with van der Waals surface area (Å²) >= 11 is 0. The molecule has 0 nitrogen and oxygen atoms in total. The summed E-state index contributed by atoms with van der Waals surface area (Å²) in [4.78, 5) is 0. The topological polar surface area (TPSA) is 0 Å². The van der Waals surface area contributed by atoms with Crippen molar-refractivity contribution in [3.8, 4) is 0 Å². The van der Waals surface area contributed by atoms with Crippen molar-refractivity contribution in [1.82, 2.24) is 0 Å². The maximum atomic E-state index is 3.87. The van der Waals surface area contributed by atoms with Gasteiger partial charge in [0.25, 0.3) is 0 Å². The summed E-state index contributed by atoms with van der Waals surface area (Å²) in [6.45, 7) is 6.03. The first kappa shape index (κ1) is 7.84. The Labute approximate surface area is 64.3 Å². The fourth-order valence-corrected chi connectivity index (χ4v) is 1.57. The van der Waals surface area contributed by atoms with Crippen LogP contribution in [-0.4, -0.2) is 0 Å². The van der Waals surface area contributed by atoms with Crippen molar-refractivity contribution >= 4 is 0 Å². The lowest BCUT2D eigenvalue weighted by Gasteiger charge is -2.28. The van der Waals surface area contributed by atoms with E-state index in [-0.39, 0.29) is 0 Å². The highest BCUT2D eigenvalue weighted by molar-refractivity contribution is 5.08. The fourth-order valence-electron chi connectivity index (χ4n) is 1.57. The molecular weight excluding hydrogens is 120 g/mol. The molecule has 57 valence electrons. The largest absolute Gasteiger partial charge is 0.0882 e.